The van der Waals surface area contributed by atoms with Crippen LogP contribution in [0, 0.1) is 0 Å². The molecule has 1 saturated carbocycles. The lowest BCUT2D eigenvalue weighted by molar-refractivity contribution is 0.403. The molecule has 0 atom stereocenters. The first-order valence-electron chi connectivity index (χ1n) is 6.82. The molecular formula is C15H13BrN4O. The van der Waals surface area contributed by atoms with Gasteiger partial charge in [0.25, 0.3) is 0 Å². The van der Waals surface area contributed by atoms with Gasteiger partial charge in [-0.2, -0.15) is 5.10 Å². The van der Waals surface area contributed by atoms with Crippen LogP contribution in [-0.2, 0) is 0 Å². The summed E-state index contributed by atoms with van der Waals surface area (Å²) in [5, 5.41) is 4.54. The molecule has 0 aromatic carbocycles. The molecule has 5 nitrogen and oxygen atoms in total. The average Bonchev–Trinajstić information content (AvgIpc) is 3.25. The summed E-state index contributed by atoms with van der Waals surface area (Å²) in [6.07, 6.45) is 4.28. The predicted molar refractivity (Wildman–Crippen MR) is 82.4 cm³/mol. The zero-order chi connectivity index (χ0) is 14.4. The van der Waals surface area contributed by atoms with Crippen LogP contribution in [0.15, 0.2) is 35.1 Å². The molecule has 0 N–H and O–H groups in total. The van der Waals surface area contributed by atoms with Gasteiger partial charge in [0, 0.05) is 12.0 Å². The van der Waals surface area contributed by atoms with Crippen molar-refractivity contribution in [3.8, 4) is 17.1 Å². The van der Waals surface area contributed by atoms with E-state index in [1.165, 1.54) is 12.8 Å². The Labute approximate surface area is 130 Å². The molecule has 6 heteroatoms. The van der Waals surface area contributed by atoms with Crippen molar-refractivity contribution in [1.82, 2.24) is 19.6 Å². The van der Waals surface area contributed by atoms with E-state index in [1.807, 2.05) is 30.5 Å². The second-order valence-corrected chi connectivity index (χ2v) is 5.96. The van der Waals surface area contributed by atoms with Gasteiger partial charge in [-0.15, -0.1) is 0 Å². The third-order valence-corrected chi connectivity index (χ3v) is 4.05. The molecule has 0 spiro atoms. The van der Waals surface area contributed by atoms with Gasteiger partial charge >= 0.3 is 0 Å². The van der Waals surface area contributed by atoms with E-state index in [0.29, 0.717) is 5.92 Å². The highest BCUT2D eigenvalue weighted by Crippen LogP contribution is 2.43. The molecule has 21 heavy (non-hydrogen) atoms. The number of aromatic nitrogens is 4. The molecule has 0 radical (unpaired) electrons. The van der Waals surface area contributed by atoms with Crippen LogP contribution in [0.2, 0.25) is 0 Å². The monoisotopic (exact) mass is 344 g/mol. The molecule has 3 aromatic rings. The van der Waals surface area contributed by atoms with Crippen molar-refractivity contribution in [2.75, 3.05) is 7.11 Å². The maximum absolute atomic E-state index is 5.44. The Morgan fingerprint density at radius 2 is 2.10 bits per heavy atom. The maximum atomic E-state index is 5.44. The van der Waals surface area contributed by atoms with Crippen LogP contribution < -0.4 is 4.74 Å². The van der Waals surface area contributed by atoms with Gasteiger partial charge in [-0.25, -0.2) is 14.5 Å². The number of halogens is 1. The minimum absolute atomic E-state index is 0.535. The standard InChI is InChI=1S/C15H13BrN4O/c1-21-12-8-20-14(18-15(12)9-5-6-9)7-11(19-20)10-3-2-4-13(16)17-10/h2-4,7-9H,5-6H2,1H3. The van der Waals surface area contributed by atoms with E-state index in [4.69, 9.17) is 9.72 Å². The summed E-state index contributed by atoms with van der Waals surface area (Å²) in [7, 11) is 1.68. The number of methoxy groups -OCH3 is 1. The Hall–Kier alpha value is -1.95. The van der Waals surface area contributed by atoms with Crippen LogP contribution in [-0.4, -0.2) is 26.7 Å². The molecule has 1 fully saturated rings. The largest absolute Gasteiger partial charge is 0.493 e. The Kier molecular flexibility index (Phi) is 2.92. The van der Waals surface area contributed by atoms with Crippen molar-refractivity contribution in [2.45, 2.75) is 18.8 Å². The topological polar surface area (TPSA) is 52.3 Å². The lowest BCUT2D eigenvalue weighted by Crippen LogP contribution is -1.99. The van der Waals surface area contributed by atoms with Crippen molar-refractivity contribution in [1.29, 1.82) is 0 Å². The van der Waals surface area contributed by atoms with Gasteiger partial charge in [0.15, 0.2) is 11.4 Å². The third kappa shape index (κ3) is 2.29. The Morgan fingerprint density at radius 1 is 1.24 bits per heavy atom. The van der Waals surface area contributed by atoms with Crippen LogP contribution >= 0.6 is 15.9 Å². The summed E-state index contributed by atoms with van der Waals surface area (Å²) < 4.78 is 7.99. The van der Waals surface area contributed by atoms with E-state index in [2.05, 4.69) is 26.0 Å². The zero-order valence-electron chi connectivity index (χ0n) is 11.5. The first-order chi connectivity index (χ1) is 10.2. The normalized spacial score (nSPS) is 14.6. The molecule has 3 heterocycles. The van der Waals surface area contributed by atoms with E-state index in [0.717, 1.165) is 33.1 Å². The van der Waals surface area contributed by atoms with Crippen molar-refractivity contribution in [2.24, 2.45) is 0 Å². The Balaban J connectivity index is 1.86. The van der Waals surface area contributed by atoms with Crippen molar-refractivity contribution >= 4 is 21.6 Å². The lowest BCUT2D eigenvalue weighted by atomic mass is 10.2. The van der Waals surface area contributed by atoms with Crippen LogP contribution in [0.4, 0.5) is 0 Å². The first-order valence-corrected chi connectivity index (χ1v) is 7.61. The Bertz CT molecular complexity index is 826. The molecule has 1 aliphatic carbocycles. The molecule has 0 unspecified atom stereocenters. The summed E-state index contributed by atoms with van der Waals surface area (Å²) in [6, 6.07) is 7.73. The summed E-state index contributed by atoms with van der Waals surface area (Å²) in [4.78, 5) is 9.15. The number of pyridine rings is 1. The number of nitrogens with zero attached hydrogens (tertiary/aromatic N) is 4. The quantitative estimate of drug-likeness (QED) is 0.683. The van der Waals surface area contributed by atoms with E-state index in [1.54, 1.807) is 11.6 Å². The smallest absolute Gasteiger partial charge is 0.159 e. The minimum Gasteiger partial charge on any atom is -0.493 e. The second kappa shape index (κ2) is 4.80. The number of fused-ring (bicyclic) bond motifs is 1. The SMILES string of the molecule is COc1cn2nc(-c3cccc(Br)n3)cc2nc1C1CC1. The minimum atomic E-state index is 0.535. The fraction of sp³-hybridized carbons (Fsp3) is 0.267. The van der Waals surface area contributed by atoms with E-state index in [-0.39, 0.29) is 0 Å². The molecule has 1 aliphatic rings. The number of hydrogen-bond acceptors (Lipinski definition) is 4. The maximum Gasteiger partial charge on any atom is 0.159 e. The molecule has 0 aliphatic heterocycles. The van der Waals surface area contributed by atoms with E-state index < -0.39 is 0 Å². The van der Waals surface area contributed by atoms with Gasteiger partial charge in [-0.05, 0) is 40.9 Å². The number of hydrogen-bond donors (Lipinski definition) is 0. The average molecular weight is 345 g/mol. The van der Waals surface area contributed by atoms with E-state index in [9.17, 15) is 0 Å². The molecule has 106 valence electrons. The van der Waals surface area contributed by atoms with Gasteiger partial charge < -0.3 is 4.74 Å². The van der Waals surface area contributed by atoms with Crippen LogP contribution in [0.5, 0.6) is 5.75 Å². The summed E-state index contributed by atoms with van der Waals surface area (Å²) >= 11 is 3.38. The number of ether oxygens (including phenoxy) is 1. The molecular weight excluding hydrogens is 332 g/mol. The van der Waals surface area contributed by atoms with Crippen molar-refractivity contribution in [3.05, 3.63) is 40.8 Å². The van der Waals surface area contributed by atoms with Crippen LogP contribution in [0.25, 0.3) is 17.0 Å². The van der Waals surface area contributed by atoms with Crippen molar-refractivity contribution < 1.29 is 4.74 Å². The molecule has 3 aromatic heterocycles. The van der Waals surface area contributed by atoms with Gasteiger partial charge in [-0.3, -0.25) is 0 Å². The van der Waals surface area contributed by atoms with E-state index >= 15 is 0 Å². The first kappa shape index (κ1) is 12.8. The third-order valence-electron chi connectivity index (χ3n) is 3.60. The van der Waals surface area contributed by atoms with Crippen LogP contribution in [0.3, 0.4) is 0 Å². The molecule has 0 saturated heterocycles. The fourth-order valence-electron chi connectivity index (χ4n) is 2.40. The molecule has 0 amide bonds. The fourth-order valence-corrected chi connectivity index (χ4v) is 2.75. The summed E-state index contributed by atoms with van der Waals surface area (Å²) in [5.74, 6) is 1.34. The second-order valence-electron chi connectivity index (χ2n) is 5.15. The highest BCUT2D eigenvalue weighted by molar-refractivity contribution is 9.10. The highest BCUT2D eigenvalue weighted by Gasteiger charge is 2.29. The highest BCUT2D eigenvalue weighted by atomic mass is 79.9. The zero-order valence-corrected chi connectivity index (χ0v) is 13.0. The van der Waals surface area contributed by atoms with Crippen molar-refractivity contribution in [3.63, 3.8) is 0 Å². The van der Waals surface area contributed by atoms with Crippen LogP contribution in [0.1, 0.15) is 24.5 Å². The van der Waals surface area contributed by atoms with Gasteiger partial charge in [0.05, 0.1) is 24.7 Å². The number of rotatable bonds is 3. The molecule has 0 bridgehead atoms. The van der Waals surface area contributed by atoms with Gasteiger partial charge in [0.1, 0.15) is 10.3 Å². The van der Waals surface area contributed by atoms with Gasteiger partial charge in [0.2, 0.25) is 0 Å². The predicted octanol–water partition coefficient (Wildman–Crippen LogP) is 3.44. The lowest BCUT2D eigenvalue weighted by Gasteiger charge is -2.06. The molecule has 4 rings (SSSR count). The van der Waals surface area contributed by atoms with Gasteiger partial charge in [-0.1, -0.05) is 6.07 Å². The Morgan fingerprint density at radius 3 is 2.81 bits per heavy atom. The summed E-state index contributed by atoms with van der Waals surface area (Å²) in [5.41, 5.74) is 3.49. The summed E-state index contributed by atoms with van der Waals surface area (Å²) in [6.45, 7) is 0.